The van der Waals surface area contributed by atoms with Gasteiger partial charge in [0.25, 0.3) is 0 Å². The van der Waals surface area contributed by atoms with Crippen LogP contribution in [0.5, 0.6) is 0 Å². The molecule has 1 amide bonds. The highest BCUT2D eigenvalue weighted by atomic mass is 127. The third kappa shape index (κ3) is 7.81. The average Bonchev–Trinajstić information content (AvgIpc) is 2.66. The van der Waals surface area contributed by atoms with Gasteiger partial charge in [-0.1, -0.05) is 36.4 Å². The largest absolute Gasteiger partial charge is 0.356 e. The molecule has 0 aliphatic heterocycles. The maximum Gasteiger partial charge on any atom is 0.224 e. The standard InChI is InChI=1S/C19H25N5O.HI/c1-20-19(23-14-17-10-6-7-12-21-17)22-13-11-18(25)24(2)15-16-8-4-3-5-9-16;/h3-10,12H,11,13-15H2,1-2H3,(H2,20,22,23);1H. The Bertz CT molecular complexity index is 679. The molecule has 0 radical (unpaired) electrons. The van der Waals surface area contributed by atoms with Crippen molar-refractivity contribution in [2.75, 3.05) is 20.6 Å². The molecule has 7 heteroatoms. The molecule has 140 valence electrons. The number of nitrogens with zero attached hydrogens (tertiary/aromatic N) is 3. The molecule has 0 aliphatic rings. The maximum atomic E-state index is 12.2. The first kappa shape index (κ1) is 21.9. The Morgan fingerprint density at radius 1 is 1.12 bits per heavy atom. The second-order valence-electron chi connectivity index (χ2n) is 5.66. The van der Waals surface area contributed by atoms with E-state index in [1.165, 1.54) is 0 Å². The molecule has 2 N–H and O–H groups in total. The molecule has 1 heterocycles. The molecular formula is C19H26IN5O. The molecule has 0 bridgehead atoms. The van der Waals surface area contributed by atoms with Crippen LogP contribution in [0.15, 0.2) is 59.7 Å². The van der Waals surface area contributed by atoms with Crippen LogP contribution in [-0.2, 0) is 17.9 Å². The lowest BCUT2D eigenvalue weighted by Crippen LogP contribution is -2.39. The van der Waals surface area contributed by atoms with Crippen molar-refractivity contribution >= 4 is 35.8 Å². The number of amides is 1. The number of aliphatic imine (C=N–C) groups is 1. The summed E-state index contributed by atoms with van der Waals surface area (Å²) in [6.45, 7) is 1.73. The summed E-state index contributed by atoms with van der Waals surface area (Å²) in [7, 11) is 3.53. The number of benzene rings is 1. The number of carbonyl (C=O) groups is 1. The van der Waals surface area contributed by atoms with Crippen LogP contribution in [0, 0.1) is 0 Å². The highest BCUT2D eigenvalue weighted by Crippen LogP contribution is 2.03. The van der Waals surface area contributed by atoms with Gasteiger partial charge in [0, 0.05) is 39.8 Å². The van der Waals surface area contributed by atoms with Crippen LogP contribution in [0.3, 0.4) is 0 Å². The number of carbonyl (C=O) groups excluding carboxylic acids is 1. The minimum absolute atomic E-state index is 0. The fourth-order valence-electron chi connectivity index (χ4n) is 2.32. The van der Waals surface area contributed by atoms with E-state index in [0.717, 1.165) is 11.3 Å². The molecule has 6 nitrogen and oxygen atoms in total. The number of aromatic nitrogens is 1. The second-order valence-corrected chi connectivity index (χ2v) is 5.66. The van der Waals surface area contributed by atoms with Crippen LogP contribution in [-0.4, -0.2) is 42.4 Å². The number of nitrogens with one attached hydrogen (secondary N) is 2. The molecule has 1 aromatic carbocycles. The van der Waals surface area contributed by atoms with Crippen molar-refractivity contribution in [1.29, 1.82) is 0 Å². The first-order valence-electron chi connectivity index (χ1n) is 8.31. The fourth-order valence-corrected chi connectivity index (χ4v) is 2.32. The van der Waals surface area contributed by atoms with E-state index in [0.29, 0.717) is 32.0 Å². The molecule has 26 heavy (non-hydrogen) atoms. The van der Waals surface area contributed by atoms with Gasteiger partial charge in [0.05, 0.1) is 12.2 Å². The molecule has 0 saturated carbocycles. The van der Waals surface area contributed by atoms with Crippen LogP contribution < -0.4 is 10.6 Å². The van der Waals surface area contributed by atoms with Crippen molar-refractivity contribution in [2.24, 2.45) is 4.99 Å². The first-order chi connectivity index (χ1) is 12.2. The van der Waals surface area contributed by atoms with Gasteiger partial charge in [-0.2, -0.15) is 0 Å². The Labute approximate surface area is 172 Å². The summed E-state index contributed by atoms with van der Waals surface area (Å²) in [4.78, 5) is 22.4. The molecular weight excluding hydrogens is 441 g/mol. The number of hydrogen-bond acceptors (Lipinski definition) is 3. The van der Waals surface area contributed by atoms with Gasteiger partial charge in [-0.15, -0.1) is 24.0 Å². The number of guanidine groups is 1. The zero-order chi connectivity index (χ0) is 17.9. The number of pyridine rings is 1. The zero-order valence-corrected chi connectivity index (χ0v) is 17.5. The van der Waals surface area contributed by atoms with E-state index in [9.17, 15) is 4.79 Å². The van der Waals surface area contributed by atoms with Gasteiger partial charge in [-0.25, -0.2) is 0 Å². The van der Waals surface area contributed by atoms with Crippen molar-refractivity contribution < 1.29 is 4.79 Å². The predicted octanol–water partition coefficient (Wildman–Crippen LogP) is 2.41. The molecule has 0 unspecified atom stereocenters. The van der Waals surface area contributed by atoms with E-state index in [4.69, 9.17) is 0 Å². The molecule has 0 fully saturated rings. The van der Waals surface area contributed by atoms with Crippen LogP contribution in [0.2, 0.25) is 0 Å². The van der Waals surface area contributed by atoms with Crippen molar-refractivity contribution in [3.8, 4) is 0 Å². The van der Waals surface area contributed by atoms with Gasteiger partial charge in [0.1, 0.15) is 0 Å². The maximum absolute atomic E-state index is 12.2. The third-order valence-corrected chi connectivity index (χ3v) is 3.71. The quantitative estimate of drug-likeness (QED) is 0.373. The van der Waals surface area contributed by atoms with Crippen molar-refractivity contribution in [1.82, 2.24) is 20.5 Å². The van der Waals surface area contributed by atoms with Crippen LogP contribution in [0.1, 0.15) is 17.7 Å². The van der Waals surface area contributed by atoms with E-state index >= 15 is 0 Å². The van der Waals surface area contributed by atoms with E-state index in [2.05, 4.69) is 20.6 Å². The molecule has 0 spiro atoms. The minimum Gasteiger partial charge on any atom is -0.356 e. The highest BCUT2D eigenvalue weighted by molar-refractivity contribution is 14.0. The molecule has 1 aromatic heterocycles. The average molecular weight is 467 g/mol. The number of rotatable bonds is 7. The summed E-state index contributed by atoms with van der Waals surface area (Å²) in [5, 5.41) is 6.33. The lowest BCUT2D eigenvalue weighted by atomic mass is 10.2. The Hall–Kier alpha value is -2.16. The highest BCUT2D eigenvalue weighted by Gasteiger charge is 2.09. The van der Waals surface area contributed by atoms with E-state index in [1.807, 2.05) is 55.6 Å². The molecule has 0 saturated heterocycles. The normalized spacial score (nSPS) is 10.6. The summed E-state index contributed by atoms with van der Waals surface area (Å²) >= 11 is 0. The SMILES string of the molecule is CN=C(NCCC(=O)N(C)Cc1ccccc1)NCc1ccccn1.I. The van der Waals surface area contributed by atoms with Gasteiger partial charge in [0.2, 0.25) is 5.91 Å². The van der Waals surface area contributed by atoms with Crippen molar-refractivity contribution in [3.63, 3.8) is 0 Å². The van der Waals surface area contributed by atoms with Crippen LogP contribution in [0.25, 0.3) is 0 Å². The van der Waals surface area contributed by atoms with Crippen molar-refractivity contribution in [3.05, 3.63) is 66.0 Å². The van der Waals surface area contributed by atoms with Gasteiger partial charge in [0.15, 0.2) is 5.96 Å². The summed E-state index contributed by atoms with van der Waals surface area (Å²) in [5.41, 5.74) is 2.06. The lowest BCUT2D eigenvalue weighted by Gasteiger charge is -2.18. The smallest absolute Gasteiger partial charge is 0.224 e. The summed E-state index contributed by atoms with van der Waals surface area (Å²) < 4.78 is 0. The summed E-state index contributed by atoms with van der Waals surface area (Å²) in [6.07, 6.45) is 2.17. The first-order valence-corrected chi connectivity index (χ1v) is 8.31. The molecule has 2 rings (SSSR count). The van der Waals surface area contributed by atoms with E-state index in [-0.39, 0.29) is 29.9 Å². The Balaban J connectivity index is 0.00000338. The van der Waals surface area contributed by atoms with E-state index < -0.39 is 0 Å². The third-order valence-electron chi connectivity index (χ3n) is 3.71. The monoisotopic (exact) mass is 467 g/mol. The second kappa shape index (κ2) is 12.2. The van der Waals surface area contributed by atoms with Gasteiger partial charge < -0.3 is 15.5 Å². The predicted molar refractivity (Wildman–Crippen MR) is 115 cm³/mol. The molecule has 0 aliphatic carbocycles. The minimum atomic E-state index is 0. The lowest BCUT2D eigenvalue weighted by molar-refractivity contribution is -0.130. The number of halogens is 1. The topological polar surface area (TPSA) is 69.6 Å². The van der Waals surface area contributed by atoms with Crippen LogP contribution in [0.4, 0.5) is 0 Å². The number of hydrogen-bond donors (Lipinski definition) is 2. The van der Waals surface area contributed by atoms with Gasteiger partial charge in [-0.3, -0.25) is 14.8 Å². The molecule has 2 aromatic rings. The Kier molecular flexibility index (Phi) is 10.3. The van der Waals surface area contributed by atoms with Crippen molar-refractivity contribution in [2.45, 2.75) is 19.5 Å². The van der Waals surface area contributed by atoms with Crippen LogP contribution >= 0.6 is 24.0 Å². The summed E-state index contributed by atoms with van der Waals surface area (Å²) in [5.74, 6) is 0.751. The Morgan fingerprint density at radius 3 is 2.50 bits per heavy atom. The fraction of sp³-hybridized carbons (Fsp3) is 0.316. The van der Waals surface area contributed by atoms with Gasteiger partial charge in [-0.05, 0) is 17.7 Å². The summed E-state index contributed by atoms with van der Waals surface area (Å²) in [6, 6.07) is 15.7. The molecule has 0 atom stereocenters. The Morgan fingerprint density at radius 2 is 1.85 bits per heavy atom. The van der Waals surface area contributed by atoms with E-state index in [1.54, 1.807) is 18.1 Å². The van der Waals surface area contributed by atoms with Gasteiger partial charge >= 0.3 is 0 Å². The zero-order valence-electron chi connectivity index (χ0n) is 15.2.